The smallest absolute Gasteiger partial charge is 0.311 e. The quantitative estimate of drug-likeness (QED) is 0.694. The number of carbonyl (C=O) groups is 2. The van der Waals surface area contributed by atoms with Crippen molar-refractivity contribution in [2.45, 2.75) is 84.2 Å². The zero-order valence-electron chi connectivity index (χ0n) is 19.6. The highest BCUT2D eigenvalue weighted by Crippen LogP contribution is 2.66. The SMILES string of the molecule is C[C@]12CCC(=O)C[C@@H]1CC[C@H]1[C@H]3CC[C@H](OC(=O)CC[NH+]4CCOCC4)[C@@]3(C)CC[C@@H]12. The van der Waals surface area contributed by atoms with E-state index < -0.39 is 0 Å². The van der Waals surface area contributed by atoms with Gasteiger partial charge < -0.3 is 14.4 Å². The lowest BCUT2D eigenvalue weighted by molar-refractivity contribution is -0.907. The van der Waals surface area contributed by atoms with Crippen molar-refractivity contribution in [1.29, 1.82) is 0 Å². The van der Waals surface area contributed by atoms with Crippen molar-refractivity contribution in [1.82, 2.24) is 0 Å². The number of esters is 1. The van der Waals surface area contributed by atoms with E-state index in [1.165, 1.54) is 37.0 Å². The molecule has 0 aromatic carbocycles. The Bertz CT molecular complexity index is 704. The number of nitrogens with one attached hydrogen (secondary N) is 1. The van der Waals surface area contributed by atoms with Gasteiger partial charge in [-0.3, -0.25) is 9.59 Å². The van der Waals surface area contributed by atoms with Gasteiger partial charge in [0.2, 0.25) is 0 Å². The molecule has 0 bridgehead atoms. The fourth-order valence-electron chi connectivity index (χ4n) is 8.60. The first-order valence-electron chi connectivity index (χ1n) is 13.0. The molecule has 31 heavy (non-hydrogen) atoms. The van der Waals surface area contributed by atoms with Crippen molar-refractivity contribution in [3.63, 3.8) is 0 Å². The second-order valence-electron chi connectivity index (χ2n) is 11.9. The molecule has 1 saturated heterocycles. The summed E-state index contributed by atoms with van der Waals surface area (Å²) in [5.74, 6) is 3.32. The number of morpholine rings is 1. The maximum atomic E-state index is 12.7. The average Bonchev–Trinajstić information content (AvgIpc) is 3.10. The van der Waals surface area contributed by atoms with Crippen molar-refractivity contribution < 1.29 is 24.0 Å². The number of fused-ring (bicyclic) bond motifs is 5. The first kappa shape index (κ1) is 21.9. The number of Topliss-reactive ketones (excluding diaryl/α,β-unsaturated/α-hetero) is 1. The van der Waals surface area contributed by atoms with Crippen LogP contribution in [0.3, 0.4) is 0 Å². The molecular weight excluding hydrogens is 390 g/mol. The van der Waals surface area contributed by atoms with Gasteiger partial charge in [0.25, 0.3) is 0 Å². The Hall–Kier alpha value is -0.940. The lowest BCUT2D eigenvalue weighted by Gasteiger charge is -2.60. The van der Waals surface area contributed by atoms with Crippen molar-refractivity contribution >= 4 is 11.8 Å². The van der Waals surface area contributed by atoms with Gasteiger partial charge in [0, 0.05) is 18.3 Å². The van der Waals surface area contributed by atoms with Gasteiger partial charge in [-0.1, -0.05) is 13.8 Å². The fraction of sp³-hybridized carbons (Fsp3) is 0.923. The van der Waals surface area contributed by atoms with Gasteiger partial charge >= 0.3 is 5.97 Å². The molecule has 1 aliphatic heterocycles. The van der Waals surface area contributed by atoms with Crippen LogP contribution in [0, 0.1) is 34.5 Å². The van der Waals surface area contributed by atoms with E-state index in [9.17, 15) is 9.59 Å². The Balaban J connectivity index is 1.22. The van der Waals surface area contributed by atoms with Gasteiger partial charge in [-0.05, 0) is 74.0 Å². The molecule has 5 fully saturated rings. The van der Waals surface area contributed by atoms with Crippen molar-refractivity contribution in [3.05, 3.63) is 0 Å². The highest BCUT2D eigenvalue weighted by atomic mass is 16.5. The summed E-state index contributed by atoms with van der Waals surface area (Å²) in [6, 6.07) is 0. The van der Waals surface area contributed by atoms with Gasteiger partial charge in [0.1, 0.15) is 25.0 Å². The largest absolute Gasteiger partial charge is 0.462 e. The summed E-state index contributed by atoms with van der Waals surface area (Å²) in [5, 5.41) is 0. The van der Waals surface area contributed by atoms with Crippen LogP contribution in [0.2, 0.25) is 0 Å². The maximum Gasteiger partial charge on any atom is 0.311 e. The molecule has 0 aromatic rings. The monoisotopic (exact) mass is 432 g/mol. The first-order chi connectivity index (χ1) is 14.9. The van der Waals surface area contributed by atoms with Crippen LogP contribution in [0.4, 0.5) is 0 Å². The molecule has 1 N–H and O–H groups in total. The zero-order chi connectivity index (χ0) is 21.6. The summed E-state index contributed by atoms with van der Waals surface area (Å²) in [4.78, 5) is 26.3. The molecule has 174 valence electrons. The molecular formula is C26H42NO4+. The third kappa shape index (κ3) is 3.88. The third-order valence-corrected chi connectivity index (χ3v) is 10.6. The number of ether oxygens (including phenoxy) is 2. The van der Waals surface area contributed by atoms with E-state index in [2.05, 4.69) is 13.8 Å². The topological polar surface area (TPSA) is 57.0 Å². The molecule has 5 nitrogen and oxygen atoms in total. The molecule has 5 heteroatoms. The first-order valence-corrected chi connectivity index (χ1v) is 13.0. The zero-order valence-corrected chi connectivity index (χ0v) is 19.6. The van der Waals surface area contributed by atoms with Gasteiger partial charge in [0.05, 0.1) is 26.2 Å². The number of hydrogen-bond acceptors (Lipinski definition) is 4. The summed E-state index contributed by atoms with van der Waals surface area (Å²) in [5.41, 5.74) is 0.504. The van der Waals surface area contributed by atoms with Crippen LogP contribution in [-0.2, 0) is 19.1 Å². The Morgan fingerprint density at radius 3 is 2.61 bits per heavy atom. The van der Waals surface area contributed by atoms with Gasteiger partial charge in [-0.2, -0.15) is 0 Å². The molecule has 0 unspecified atom stereocenters. The van der Waals surface area contributed by atoms with Crippen molar-refractivity contribution in [2.24, 2.45) is 34.5 Å². The standard InChI is InChI=1S/C26H41NO4/c1-25-10-7-19(28)17-18(25)3-4-20-21-5-6-23(26(21,2)11-8-22(20)25)31-24(29)9-12-27-13-15-30-16-14-27/h18,20-23H,3-17H2,1-2H3/p+1/t18-,20-,21+,22-,23-,25-,26-/m0/s1. The number of rotatable bonds is 4. The Labute approximate surface area is 187 Å². The average molecular weight is 433 g/mol. The Kier molecular flexibility index (Phi) is 5.96. The van der Waals surface area contributed by atoms with Crippen LogP contribution in [0.25, 0.3) is 0 Å². The van der Waals surface area contributed by atoms with Crippen LogP contribution >= 0.6 is 0 Å². The van der Waals surface area contributed by atoms with E-state index in [-0.39, 0.29) is 17.5 Å². The third-order valence-electron chi connectivity index (χ3n) is 10.6. The molecule has 7 atom stereocenters. The minimum absolute atomic E-state index is 0.00875. The lowest BCUT2D eigenvalue weighted by atomic mass is 9.45. The van der Waals surface area contributed by atoms with E-state index in [0.717, 1.165) is 70.4 Å². The fourth-order valence-corrected chi connectivity index (χ4v) is 8.60. The lowest BCUT2D eigenvalue weighted by Crippen LogP contribution is -3.14. The van der Waals surface area contributed by atoms with E-state index >= 15 is 0 Å². The summed E-state index contributed by atoms with van der Waals surface area (Å²) < 4.78 is 11.6. The molecule has 0 spiro atoms. The molecule has 0 amide bonds. The summed E-state index contributed by atoms with van der Waals surface area (Å²) in [6.07, 6.45) is 10.5. The Morgan fingerprint density at radius 1 is 1.03 bits per heavy atom. The molecule has 5 aliphatic rings. The van der Waals surface area contributed by atoms with Crippen LogP contribution in [0.1, 0.15) is 78.1 Å². The van der Waals surface area contributed by atoms with E-state index in [1.807, 2.05) is 0 Å². The minimum atomic E-state index is 0.00875. The van der Waals surface area contributed by atoms with E-state index in [0.29, 0.717) is 29.5 Å². The molecule has 0 radical (unpaired) electrons. The van der Waals surface area contributed by atoms with Crippen molar-refractivity contribution in [2.75, 3.05) is 32.8 Å². The molecule has 5 rings (SSSR count). The van der Waals surface area contributed by atoms with Gasteiger partial charge in [-0.15, -0.1) is 0 Å². The van der Waals surface area contributed by atoms with Crippen molar-refractivity contribution in [3.8, 4) is 0 Å². The maximum absolute atomic E-state index is 12.7. The molecule has 4 saturated carbocycles. The van der Waals surface area contributed by atoms with Crippen LogP contribution in [0.15, 0.2) is 0 Å². The van der Waals surface area contributed by atoms with E-state index in [4.69, 9.17) is 9.47 Å². The second-order valence-corrected chi connectivity index (χ2v) is 11.9. The molecule has 4 aliphatic carbocycles. The van der Waals surface area contributed by atoms with Crippen LogP contribution < -0.4 is 4.90 Å². The van der Waals surface area contributed by atoms with Crippen LogP contribution in [0.5, 0.6) is 0 Å². The normalized spacial score (nSPS) is 45.5. The number of hydrogen-bond donors (Lipinski definition) is 1. The summed E-state index contributed by atoms with van der Waals surface area (Å²) in [7, 11) is 0. The number of ketones is 1. The summed E-state index contributed by atoms with van der Waals surface area (Å²) >= 11 is 0. The predicted molar refractivity (Wildman–Crippen MR) is 118 cm³/mol. The highest BCUT2D eigenvalue weighted by molar-refractivity contribution is 5.79. The predicted octanol–water partition coefficient (Wildman–Crippen LogP) is 2.82. The van der Waals surface area contributed by atoms with Gasteiger partial charge in [-0.25, -0.2) is 0 Å². The van der Waals surface area contributed by atoms with Crippen LogP contribution in [-0.4, -0.2) is 50.7 Å². The van der Waals surface area contributed by atoms with Gasteiger partial charge in [0.15, 0.2) is 0 Å². The summed E-state index contributed by atoms with van der Waals surface area (Å²) in [6.45, 7) is 9.43. The molecule has 0 aromatic heterocycles. The number of carbonyl (C=O) groups excluding carboxylic acids is 2. The Morgan fingerprint density at radius 2 is 1.81 bits per heavy atom. The second kappa shape index (κ2) is 8.44. The molecule has 1 heterocycles. The highest BCUT2D eigenvalue weighted by Gasteiger charge is 2.61. The van der Waals surface area contributed by atoms with E-state index in [1.54, 1.807) is 0 Å². The number of quaternary nitrogens is 1. The minimum Gasteiger partial charge on any atom is -0.462 e.